The number of aromatic nitrogens is 1. The second kappa shape index (κ2) is 5.42. The molecule has 0 aliphatic rings. The van der Waals surface area contributed by atoms with Crippen molar-refractivity contribution in [3.63, 3.8) is 0 Å². The number of hydrogen-bond donors (Lipinski definition) is 0. The Kier molecular flexibility index (Phi) is 4.74. The molecule has 0 aromatic carbocycles. The van der Waals surface area contributed by atoms with E-state index in [4.69, 9.17) is 0 Å². The Morgan fingerprint density at radius 1 is 1.27 bits per heavy atom. The smallest absolute Gasteiger partial charge is 0.0273 e. The second-order valence-electron chi connectivity index (χ2n) is 2.02. The fourth-order valence-electron chi connectivity index (χ4n) is 0.636. The van der Waals surface area contributed by atoms with Crippen LogP contribution < -0.4 is 0 Å². The van der Waals surface area contributed by atoms with Crippen LogP contribution in [0, 0.1) is 0 Å². The first-order chi connectivity index (χ1) is 5.30. The summed E-state index contributed by atoms with van der Waals surface area (Å²) in [4.78, 5) is 3.89. The Morgan fingerprint density at radius 3 is 2.00 bits per heavy atom. The van der Waals surface area contributed by atoms with Crippen molar-refractivity contribution >= 4 is 5.57 Å². The number of hydrogen-bond acceptors (Lipinski definition) is 1. The normalized spacial score (nSPS) is 7.73. The first kappa shape index (κ1) is 9.63. The van der Waals surface area contributed by atoms with Gasteiger partial charge in [0.15, 0.2) is 0 Å². The van der Waals surface area contributed by atoms with E-state index in [1.54, 1.807) is 12.4 Å². The molecule has 0 saturated carbocycles. The largest absolute Gasteiger partial charge is 0.265 e. The van der Waals surface area contributed by atoms with E-state index in [1.807, 2.05) is 19.1 Å². The Morgan fingerprint density at radius 2 is 1.73 bits per heavy atom. The Hall–Kier alpha value is -1.37. The lowest BCUT2D eigenvalue weighted by Crippen LogP contribution is -1.75. The van der Waals surface area contributed by atoms with Crippen LogP contribution in [0.1, 0.15) is 12.5 Å². The van der Waals surface area contributed by atoms with Gasteiger partial charge in [0.25, 0.3) is 0 Å². The molecule has 1 aromatic heterocycles. The summed E-state index contributed by atoms with van der Waals surface area (Å²) in [5.74, 6) is 0. The maximum Gasteiger partial charge on any atom is 0.0273 e. The van der Waals surface area contributed by atoms with Crippen LogP contribution in [0.25, 0.3) is 5.57 Å². The summed E-state index contributed by atoms with van der Waals surface area (Å²) in [6, 6.07) is 3.89. The SMILES string of the molecule is C=C.C=C(C)c1ccncc1. The predicted octanol–water partition coefficient (Wildman–Crippen LogP) is 2.92. The van der Waals surface area contributed by atoms with E-state index in [9.17, 15) is 0 Å². The third-order valence-electron chi connectivity index (χ3n) is 1.17. The first-order valence-corrected chi connectivity index (χ1v) is 3.36. The third kappa shape index (κ3) is 3.36. The van der Waals surface area contributed by atoms with E-state index in [1.165, 1.54) is 0 Å². The van der Waals surface area contributed by atoms with Gasteiger partial charge in [-0.1, -0.05) is 12.2 Å². The van der Waals surface area contributed by atoms with E-state index in [2.05, 4.69) is 24.7 Å². The molecule has 1 rings (SSSR count). The van der Waals surface area contributed by atoms with Crippen molar-refractivity contribution in [3.05, 3.63) is 49.8 Å². The summed E-state index contributed by atoms with van der Waals surface area (Å²) in [6.45, 7) is 11.8. The van der Waals surface area contributed by atoms with Crippen molar-refractivity contribution in [1.29, 1.82) is 0 Å². The third-order valence-corrected chi connectivity index (χ3v) is 1.17. The Balaban J connectivity index is 0.000000461. The highest BCUT2D eigenvalue weighted by Gasteiger charge is 1.86. The van der Waals surface area contributed by atoms with Crippen molar-refractivity contribution in [1.82, 2.24) is 4.98 Å². The van der Waals surface area contributed by atoms with E-state index < -0.39 is 0 Å². The zero-order valence-corrected chi connectivity index (χ0v) is 6.88. The van der Waals surface area contributed by atoms with E-state index in [-0.39, 0.29) is 0 Å². The summed E-state index contributed by atoms with van der Waals surface area (Å²) < 4.78 is 0. The van der Waals surface area contributed by atoms with Gasteiger partial charge in [0.1, 0.15) is 0 Å². The minimum atomic E-state index is 1.08. The molecule has 58 valence electrons. The van der Waals surface area contributed by atoms with Crippen LogP contribution in [0.2, 0.25) is 0 Å². The van der Waals surface area contributed by atoms with Gasteiger partial charge in [0, 0.05) is 12.4 Å². The molecule has 0 saturated heterocycles. The van der Waals surface area contributed by atoms with E-state index in [0.717, 1.165) is 11.1 Å². The molecular weight excluding hydrogens is 134 g/mol. The zero-order chi connectivity index (χ0) is 8.69. The van der Waals surface area contributed by atoms with Crippen LogP contribution in [0.4, 0.5) is 0 Å². The average Bonchev–Trinajstić information content (AvgIpc) is 2.10. The summed E-state index contributed by atoms with van der Waals surface area (Å²) >= 11 is 0. The van der Waals surface area contributed by atoms with Gasteiger partial charge in [-0.15, -0.1) is 13.2 Å². The highest BCUT2D eigenvalue weighted by Crippen LogP contribution is 2.07. The van der Waals surface area contributed by atoms with Crippen LogP contribution in [-0.2, 0) is 0 Å². The van der Waals surface area contributed by atoms with Crippen LogP contribution in [0.5, 0.6) is 0 Å². The lowest BCUT2D eigenvalue weighted by atomic mass is 10.1. The predicted molar refractivity (Wildman–Crippen MR) is 50.2 cm³/mol. The molecule has 0 aliphatic carbocycles. The van der Waals surface area contributed by atoms with Gasteiger partial charge in [0.2, 0.25) is 0 Å². The number of pyridine rings is 1. The quantitative estimate of drug-likeness (QED) is 0.556. The summed E-state index contributed by atoms with van der Waals surface area (Å²) in [7, 11) is 0. The minimum absolute atomic E-state index is 1.08. The first-order valence-electron chi connectivity index (χ1n) is 3.36. The molecule has 0 N–H and O–H groups in total. The molecule has 1 nitrogen and oxygen atoms in total. The molecule has 1 heteroatoms. The van der Waals surface area contributed by atoms with Crippen molar-refractivity contribution < 1.29 is 0 Å². The van der Waals surface area contributed by atoms with Crippen LogP contribution in [0.15, 0.2) is 44.3 Å². The fraction of sp³-hybridized carbons (Fsp3) is 0.100. The molecule has 0 aliphatic heterocycles. The molecule has 0 atom stereocenters. The van der Waals surface area contributed by atoms with Crippen molar-refractivity contribution in [2.24, 2.45) is 0 Å². The van der Waals surface area contributed by atoms with Gasteiger partial charge in [-0.05, 0) is 24.6 Å². The van der Waals surface area contributed by atoms with Gasteiger partial charge < -0.3 is 0 Å². The lowest BCUT2D eigenvalue weighted by molar-refractivity contribution is 1.31. The maximum absolute atomic E-state index is 3.89. The highest BCUT2D eigenvalue weighted by molar-refractivity contribution is 5.60. The summed E-state index contributed by atoms with van der Waals surface area (Å²) in [6.07, 6.45) is 3.54. The second-order valence-corrected chi connectivity index (χ2v) is 2.02. The number of nitrogens with zero attached hydrogens (tertiary/aromatic N) is 1. The minimum Gasteiger partial charge on any atom is -0.265 e. The molecule has 0 unspecified atom stereocenters. The van der Waals surface area contributed by atoms with Crippen LogP contribution >= 0.6 is 0 Å². The number of allylic oxidation sites excluding steroid dienone is 1. The van der Waals surface area contributed by atoms with Crippen molar-refractivity contribution in [3.8, 4) is 0 Å². The summed E-state index contributed by atoms with van der Waals surface area (Å²) in [5.41, 5.74) is 2.24. The van der Waals surface area contributed by atoms with Gasteiger partial charge in [-0.2, -0.15) is 0 Å². The van der Waals surface area contributed by atoms with E-state index >= 15 is 0 Å². The standard InChI is InChI=1S/C8H9N.C2H4/c1-7(2)8-3-5-9-6-4-8;1-2/h3-6H,1H2,2H3;1-2H2. The molecule has 1 aromatic rings. The van der Waals surface area contributed by atoms with Gasteiger partial charge in [0.05, 0.1) is 0 Å². The monoisotopic (exact) mass is 147 g/mol. The summed E-state index contributed by atoms with van der Waals surface area (Å²) in [5, 5.41) is 0. The Labute approximate surface area is 68.1 Å². The van der Waals surface area contributed by atoms with E-state index in [0.29, 0.717) is 0 Å². The molecule has 1 heterocycles. The Bertz CT molecular complexity index is 214. The molecule has 11 heavy (non-hydrogen) atoms. The lowest BCUT2D eigenvalue weighted by Gasteiger charge is -1.94. The highest BCUT2D eigenvalue weighted by atomic mass is 14.6. The van der Waals surface area contributed by atoms with Gasteiger partial charge in [-0.25, -0.2) is 0 Å². The molecule has 0 fully saturated rings. The average molecular weight is 147 g/mol. The molecule has 0 radical (unpaired) electrons. The topological polar surface area (TPSA) is 12.9 Å². The molecule has 0 bridgehead atoms. The molecular formula is C10H13N. The van der Waals surface area contributed by atoms with Crippen LogP contribution in [0.3, 0.4) is 0 Å². The van der Waals surface area contributed by atoms with Crippen molar-refractivity contribution in [2.75, 3.05) is 0 Å². The number of rotatable bonds is 1. The van der Waals surface area contributed by atoms with Gasteiger partial charge in [-0.3, -0.25) is 4.98 Å². The maximum atomic E-state index is 3.89. The molecule has 0 amide bonds. The van der Waals surface area contributed by atoms with Crippen molar-refractivity contribution in [2.45, 2.75) is 6.92 Å². The zero-order valence-electron chi connectivity index (χ0n) is 6.88. The van der Waals surface area contributed by atoms with Crippen LogP contribution in [-0.4, -0.2) is 4.98 Å². The molecule has 0 spiro atoms. The van der Waals surface area contributed by atoms with Gasteiger partial charge >= 0.3 is 0 Å². The fourth-order valence-corrected chi connectivity index (χ4v) is 0.636.